The Morgan fingerprint density at radius 3 is 2.48 bits per heavy atom. The molecule has 1 aliphatic heterocycles. The molecule has 1 saturated heterocycles. The Bertz CT molecular complexity index is 775. The van der Waals surface area contributed by atoms with Gasteiger partial charge in [0.2, 0.25) is 5.91 Å². The van der Waals surface area contributed by atoms with E-state index in [1.807, 2.05) is 30.3 Å². The number of methoxy groups -OCH3 is 1. The molecule has 1 heterocycles. The number of hydrogen-bond donors (Lipinski definition) is 1. The topological polar surface area (TPSA) is 44.8 Å². The van der Waals surface area contributed by atoms with Gasteiger partial charge in [0.05, 0.1) is 7.11 Å². The summed E-state index contributed by atoms with van der Waals surface area (Å²) >= 11 is 0. The van der Waals surface area contributed by atoms with Crippen molar-refractivity contribution in [2.24, 2.45) is 0 Å². The number of anilines is 1. The van der Waals surface area contributed by atoms with E-state index in [0.717, 1.165) is 50.7 Å². The average Bonchev–Trinajstić information content (AvgIpc) is 2.74. The monoisotopic (exact) mass is 415 g/mol. The maximum absolute atomic E-state index is 12.2. The lowest BCUT2D eigenvalue weighted by Gasteiger charge is -2.34. The number of rotatable bonds is 8. The molecule has 1 fully saturated rings. The summed E-state index contributed by atoms with van der Waals surface area (Å²) in [7, 11) is 1.62. The van der Waals surface area contributed by atoms with E-state index >= 15 is 0 Å². The molecule has 0 radical (unpaired) electrons. The predicted octanol–water partition coefficient (Wildman–Crippen LogP) is 3.78. The molecule has 3 rings (SSSR count). The Hall–Kier alpha value is -2.34. The highest BCUT2D eigenvalue weighted by molar-refractivity contribution is 5.91. The molecule has 0 unspecified atom stereocenters. The highest BCUT2D eigenvalue weighted by Gasteiger charge is 2.16. The van der Waals surface area contributed by atoms with Crippen LogP contribution >= 0.6 is 12.4 Å². The van der Waals surface area contributed by atoms with Gasteiger partial charge >= 0.3 is 0 Å². The molecule has 6 heteroatoms. The average molecular weight is 416 g/mol. The van der Waals surface area contributed by atoms with Crippen LogP contribution in [0.15, 0.2) is 60.7 Å². The van der Waals surface area contributed by atoms with Crippen LogP contribution in [-0.2, 0) is 4.79 Å². The van der Waals surface area contributed by atoms with Crippen LogP contribution in [0.25, 0.3) is 6.08 Å². The smallest absolute Gasteiger partial charge is 0.225 e. The molecule has 2 aromatic rings. The van der Waals surface area contributed by atoms with Crippen molar-refractivity contribution in [2.45, 2.75) is 6.42 Å². The first kappa shape index (κ1) is 22.9. The summed E-state index contributed by atoms with van der Waals surface area (Å²) in [5.74, 6) is 0.789. The Balaban J connectivity index is 0.00000300. The van der Waals surface area contributed by atoms with Gasteiger partial charge in [-0.2, -0.15) is 0 Å². The highest BCUT2D eigenvalue weighted by atomic mass is 35.5. The third-order valence-electron chi connectivity index (χ3n) is 4.95. The lowest BCUT2D eigenvalue weighted by molar-refractivity contribution is -0.116. The quantitative estimate of drug-likeness (QED) is 0.712. The largest absolute Gasteiger partial charge is 0.497 e. The summed E-state index contributed by atoms with van der Waals surface area (Å²) in [6, 6.07) is 17.8. The summed E-state index contributed by atoms with van der Waals surface area (Å²) in [5, 5.41) is 2.94. The molecule has 0 aliphatic carbocycles. The van der Waals surface area contributed by atoms with Crippen molar-refractivity contribution in [3.63, 3.8) is 0 Å². The SMILES string of the molecule is COc1cccc(NC(=O)CCN2CCN(C/C=C/c3ccccc3)CC2)c1.Cl. The molecule has 1 amide bonds. The van der Waals surface area contributed by atoms with Gasteiger partial charge < -0.3 is 15.0 Å². The fraction of sp³-hybridized carbons (Fsp3) is 0.348. The summed E-state index contributed by atoms with van der Waals surface area (Å²) in [6.45, 7) is 5.85. The fourth-order valence-electron chi connectivity index (χ4n) is 3.28. The standard InChI is InChI=1S/C23H29N3O2.ClH/c1-28-22-11-5-10-21(19-22)24-23(27)12-14-26-17-15-25(16-18-26)13-6-9-20-7-3-2-4-8-20;/h2-11,19H,12-18H2,1H3,(H,24,27);1H/b9-6+;. The summed E-state index contributed by atoms with van der Waals surface area (Å²) < 4.78 is 5.19. The molecule has 0 bridgehead atoms. The maximum Gasteiger partial charge on any atom is 0.225 e. The molecular weight excluding hydrogens is 386 g/mol. The van der Waals surface area contributed by atoms with Gasteiger partial charge in [0.1, 0.15) is 5.75 Å². The van der Waals surface area contributed by atoms with Gasteiger partial charge in [0.15, 0.2) is 0 Å². The molecule has 1 N–H and O–H groups in total. The number of carbonyl (C=O) groups excluding carboxylic acids is 1. The van der Waals surface area contributed by atoms with Crippen LogP contribution in [0.1, 0.15) is 12.0 Å². The molecule has 29 heavy (non-hydrogen) atoms. The molecule has 0 atom stereocenters. The Labute approximate surface area is 179 Å². The van der Waals surface area contributed by atoms with Gasteiger partial charge in [-0.1, -0.05) is 48.6 Å². The van der Waals surface area contributed by atoms with Crippen LogP contribution in [0, 0.1) is 0 Å². The lowest BCUT2D eigenvalue weighted by atomic mass is 10.2. The van der Waals surface area contributed by atoms with Gasteiger partial charge in [-0.15, -0.1) is 12.4 Å². The normalized spacial score (nSPS) is 15.1. The van der Waals surface area contributed by atoms with Crippen LogP contribution in [0.2, 0.25) is 0 Å². The van der Waals surface area contributed by atoms with Crippen molar-refractivity contribution in [3.8, 4) is 5.75 Å². The number of halogens is 1. The lowest BCUT2D eigenvalue weighted by Crippen LogP contribution is -2.46. The molecular formula is C23H30ClN3O2. The predicted molar refractivity (Wildman–Crippen MR) is 122 cm³/mol. The van der Waals surface area contributed by atoms with Crippen LogP contribution in [0.4, 0.5) is 5.69 Å². The molecule has 5 nitrogen and oxygen atoms in total. The second kappa shape index (κ2) is 12.3. The zero-order valence-corrected chi connectivity index (χ0v) is 17.7. The summed E-state index contributed by atoms with van der Waals surface area (Å²) in [4.78, 5) is 17.0. The van der Waals surface area contributed by atoms with E-state index < -0.39 is 0 Å². The summed E-state index contributed by atoms with van der Waals surface area (Å²) in [5.41, 5.74) is 2.02. The molecule has 0 aromatic heterocycles. The number of nitrogens with zero attached hydrogens (tertiary/aromatic N) is 2. The minimum atomic E-state index is 0. The van der Waals surface area contributed by atoms with Gasteiger partial charge in [-0.05, 0) is 17.7 Å². The Morgan fingerprint density at radius 2 is 1.76 bits per heavy atom. The second-order valence-corrected chi connectivity index (χ2v) is 6.99. The van der Waals surface area contributed by atoms with E-state index in [-0.39, 0.29) is 18.3 Å². The van der Waals surface area contributed by atoms with Crippen LogP contribution in [0.3, 0.4) is 0 Å². The van der Waals surface area contributed by atoms with E-state index in [2.05, 4.69) is 51.5 Å². The van der Waals surface area contributed by atoms with Crippen molar-refractivity contribution < 1.29 is 9.53 Å². The van der Waals surface area contributed by atoms with E-state index in [0.29, 0.717) is 6.42 Å². The van der Waals surface area contributed by atoms with Crippen molar-refractivity contribution >= 4 is 30.1 Å². The zero-order chi connectivity index (χ0) is 19.6. The first-order valence-electron chi connectivity index (χ1n) is 9.83. The van der Waals surface area contributed by atoms with E-state index in [4.69, 9.17) is 4.74 Å². The van der Waals surface area contributed by atoms with Crippen LogP contribution in [0.5, 0.6) is 5.75 Å². The molecule has 1 aliphatic rings. The first-order valence-corrected chi connectivity index (χ1v) is 9.83. The second-order valence-electron chi connectivity index (χ2n) is 6.99. The van der Waals surface area contributed by atoms with Crippen molar-refractivity contribution in [3.05, 3.63) is 66.2 Å². The molecule has 156 valence electrons. The van der Waals surface area contributed by atoms with Crippen LogP contribution < -0.4 is 10.1 Å². The number of hydrogen-bond acceptors (Lipinski definition) is 4. The van der Waals surface area contributed by atoms with E-state index in [9.17, 15) is 4.79 Å². The minimum Gasteiger partial charge on any atom is -0.497 e. The summed E-state index contributed by atoms with van der Waals surface area (Å²) in [6.07, 6.45) is 4.91. The third kappa shape index (κ3) is 7.89. The zero-order valence-electron chi connectivity index (χ0n) is 16.9. The third-order valence-corrected chi connectivity index (χ3v) is 4.95. The fourth-order valence-corrected chi connectivity index (χ4v) is 3.28. The maximum atomic E-state index is 12.2. The first-order chi connectivity index (χ1) is 13.7. The van der Waals surface area contributed by atoms with Gasteiger partial charge in [-0.25, -0.2) is 0 Å². The van der Waals surface area contributed by atoms with Crippen molar-refractivity contribution in [1.29, 1.82) is 0 Å². The van der Waals surface area contributed by atoms with Crippen molar-refractivity contribution in [2.75, 3.05) is 51.7 Å². The molecule has 0 saturated carbocycles. The van der Waals surface area contributed by atoms with Gasteiger partial charge in [-0.3, -0.25) is 9.69 Å². The van der Waals surface area contributed by atoms with Crippen molar-refractivity contribution in [1.82, 2.24) is 9.80 Å². The Kier molecular flexibility index (Phi) is 9.71. The number of piperazine rings is 1. The number of amides is 1. The van der Waals surface area contributed by atoms with E-state index in [1.165, 1.54) is 5.56 Å². The number of benzene rings is 2. The van der Waals surface area contributed by atoms with E-state index in [1.54, 1.807) is 7.11 Å². The molecule has 2 aromatic carbocycles. The molecule has 0 spiro atoms. The minimum absolute atomic E-state index is 0. The number of nitrogens with one attached hydrogen (secondary N) is 1. The number of carbonyl (C=O) groups is 1. The van der Waals surface area contributed by atoms with Crippen LogP contribution in [-0.4, -0.2) is 62.1 Å². The van der Waals surface area contributed by atoms with Gasteiger partial charge in [0, 0.05) is 57.4 Å². The van der Waals surface area contributed by atoms with Gasteiger partial charge in [0.25, 0.3) is 0 Å². The number of ether oxygens (including phenoxy) is 1. The Morgan fingerprint density at radius 1 is 1.03 bits per heavy atom. The highest BCUT2D eigenvalue weighted by Crippen LogP contribution is 2.16.